The van der Waals surface area contributed by atoms with Crippen molar-refractivity contribution in [2.24, 2.45) is 5.16 Å². The molecule has 0 fully saturated rings. The Morgan fingerprint density at radius 3 is 2.43 bits per heavy atom. The second-order valence-corrected chi connectivity index (χ2v) is 7.71. The summed E-state index contributed by atoms with van der Waals surface area (Å²) in [6.07, 6.45) is 1.45. The van der Waals surface area contributed by atoms with Gasteiger partial charge in [0.05, 0.1) is 11.1 Å². The number of halogens is 5. The van der Waals surface area contributed by atoms with Crippen molar-refractivity contribution in [3.8, 4) is 5.69 Å². The SMILES string of the molecule is FC(F)(F)C1(C2=CC(Cl)=CC(Cl)C2)CC(c2ccc(-n3cccc3)cc2)=NO1. The number of hydrogen-bond acceptors (Lipinski definition) is 2. The van der Waals surface area contributed by atoms with Crippen molar-refractivity contribution in [2.45, 2.75) is 30.0 Å². The zero-order valence-corrected chi connectivity index (χ0v) is 16.0. The fraction of sp³-hybridized carbons (Fsp3) is 0.250. The lowest BCUT2D eigenvalue weighted by molar-refractivity contribution is -0.253. The zero-order chi connectivity index (χ0) is 19.9. The molecule has 2 heterocycles. The van der Waals surface area contributed by atoms with Gasteiger partial charge in [-0.15, -0.1) is 11.6 Å². The third-order valence-electron chi connectivity index (χ3n) is 4.87. The molecule has 3 nitrogen and oxygen atoms in total. The maximum atomic E-state index is 14.0. The van der Waals surface area contributed by atoms with Crippen LogP contribution in [0, 0.1) is 0 Å². The molecule has 1 aromatic heterocycles. The number of aromatic nitrogens is 1. The molecule has 1 aromatic carbocycles. The van der Waals surface area contributed by atoms with Crippen LogP contribution in [0.15, 0.2) is 76.7 Å². The molecule has 2 aromatic rings. The predicted molar refractivity (Wildman–Crippen MR) is 103 cm³/mol. The molecule has 2 aliphatic rings. The summed E-state index contributed by atoms with van der Waals surface area (Å²) in [4.78, 5) is 5.06. The van der Waals surface area contributed by atoms with Crippen molar-refractivity contribution in [3.05, 3.63) is 77.1 Å². The maximum absolute atomic E-state index is 14.0. The van der Waals surface area contributed by atoms with Crippen LogP contribution in [0.25, 0.3) is 5.69 Å². The number of oxime groups is 1. The summed E-state index contributed by atoms with van der Waals surface area (Å²) in [5, 5.41) is 3.33. The van der Waals surface area contributed by atoms with E-state index in [1.165, 1.54) is 12.2 Å². The summed E-state index contributed by atoms with van der Waals surface area (Å²) in [5.74, 6) is 0. The number of allylic oxidation sites excluding steroid dienone is 3. The predicted octanol–water partition coefficient (Wildman–Crippen LogP) is 5.96. The molecule has 4 rings (SSSR count). The lowest BCUT2D eigenvalue weighted by Gasteiger charge is -2.33. The first kappa shape index (κ1) is 19.2. The van der Waals surface area contributed by atoms with E-state index in [1.807, 2.05) is 41.2 Å². The standard InChI is InChI=1S/C20H15Cl2F3N2O/c21-15-9-14(10-16(22)11-15)19(20(23,24)25)12-18(26-28-19)13-3-5-17(6-4-13)27-7-1-2-8-27/h1-9,11,16H,10,12H2. The van der Waals surface area contributed by atoms with E-state index in [0.29, 0.717) is 5.56 Å². The smallest absolute Gasteiger partial charge is 0.374 e. The van der Waals surface area contributed by atoms with Crippen LogP contribution in [0.3, 0.4) is 0 Å². The number of nitrogens with zero attached hydrogens (tertiary/aromatic N) is 2. The van der Waals surface area contributed by atoms with Crippen molar-refractivity contribution in [1.82, 2.24) is 4.57 Å². The van der Waals surface area contributed by atoms with E-state index in [2.05, 4.69) is 5.16 Å². The normalized spacial score (nSPS) is 25.0. The Bertz CT molecular complexity index is 962. The first-order valence-electron chi connectivity index (χ1n) is 8.56. The van der Waals surface area contributed by atoms with Crippen LogP contribution in [0.2, 0.25) is 0 Å². The van der Waals surface area contributed by atoms with E-state index in [0.717, 1.165) is 5.69 Å². The summed E-state index contributed by atoms with van der Waals surface area (Å²) in [6.45, 7) is 0. The quantitative estimate of drug-likeness (QED) is 0.555. The lowest BCUT2D eigenvalue weighted by atomic mass is 9.82. The van der Waals surface area contributed by atoms with E-state index >= 15 is 0 Å². The van der Waals surface area contributed by atoms with Crippen molar-refractivity contribution in [1.29, 1.82) is 0 Å². The van der Waals surface area contributed by atoms with Gasteiger partial charge in [0.1, 0.15) is 0 Å². The van der Waals surface area contributed by atoms with Crippen LogP contribution < -0.4 is 0 Å². The molecule has 1 aliphatic carbocycles. The minimum atomic E-state index is -4.67. The van der Waals surface area contributed by atoms with Crippen LogP contribution in [0.1, 0.15) is 18.4 Å². The average Bonchev–Trinajstić information content (AvgIpc) is 3.31. The number of benzene rings is 1. The molecule has 0 spiro atoms. The third-order valence-corrected chi connectivity index (χ3v) is 5.39. The Labute approximate surface area is 169 Å². The molecule has 146 valence electrons. The summed E-state index contributed by atoms with van der Waals surface area (Å²) >= 11 is 12.0. The molecular weight excluding hydrogens is 412 g/mol. The molecule has 0 N–H and O–H groups in total. The van der Waals surface area contributed by atoms with Gasteiger partial charge in [0.15, 0.2) is 0 Å². The van der Waals surface area contributed by atoms with Crippen molar-refractivity contribution >= 4 is 28.9 Å². The average molecular weight is 427 g/mol. The molecule has 0 saturated carbocycles. The van der Waals surface area contributed by atoms with Gasteiger partial charge in [-0.25, -0.2) is 0 Å². The van der Waals surface area contributed by atoms with E-state index in [-0.39, 0.29) is 22.7 Å². The lowest BCUT2D eigenvalue weighted by Crippen LogP contribution is -2.48. The second-order valence-electron chi connectivity index (χ2n) is 6.71. The van der Waals surface area contributed by atoms with Gasteiger partial charge >= 0.3 is 6.18 Å². The molecule has 0 radical (unpaired) electrons. The van der Waals surface area contributed by atoms with E-state index < -0.39 is 23.6 Å². The van der Waals surface area contributed by atoms with Crippen molar-refractivity contribution < 1.29 is 18.0 Å². The van der Waals surface area contributed by atoms with Crippen LogP contribution in [-0.2, 0) is 4.84 Å². The number of rotatable bonds is 3. The summed E-state index contributed by atoms with van der Waals surface area (Å²) < 4.78 is 44.0. The van der Waals surface area contributed by atoms with E-state index in [1.54, 1.807) is 12.1 Å². The third kappa shape index (κ3) is 3.35. The van der Waals surface area contributed by atoms with Crippen LogP contribution in [0.4, 0.5) is 13.2 Å². The highest BCUT2D eigenvalue weighted by Gasteiger charge is 2.63. The van der Waals surface area contributed by atoms with E-state index in [9.17, 15) is 13.2 Å². The Morgan fingerprint density at radius 2 is 1.82 bits per heavy atom. The van der Waals surface area contributed by atoms with Gasteiger partial charge in [-0.2, -0.15) is 13.2 Å². The highest BCUT2D eigenvalue weighted by Crippen LogP contribution is 2.49. The fourth-order valence-corrected chi connectivity index (χ4v) is 4.07. The molecule has 0 saturated heterocycles. The highest BCUT2D eigenvalue weighted by atomic mass is 35.5. The molecule has 28 heavy (non-hydrogen) atoms. The summed E-state index contributed by atoms with van der Waals surface area (Å²) in [5.41, 5.74) is -0.873. The Balaban J connectivity index is 1.63. The van der Waals surface area contributed by atoms with Gasteiger partial charge in [-0.05, 0) is 54.0 Å². The van der Waals surface area contributed by atoms with E-state index in [4.69, 9.17) is 28.0 Å². The Kier molecular flexibility index (Phi) is 4.79. The topological polar surface area (TPSA) is 26.5 Å². The van der Waals surface area contributed by atoms with Gasteiger partial charge in [0.25, 0.3) is 5.60 Å². The molecule has 1 aliphatic heterocycles. The first-order valence-corrected chi connectivity index (χ1v) is 9.38. The summed E-state index contributed by atoms with van der Waals surface area (Å²) in [7, 11) is 0. The molecule has 0 bridgehead atoms. The summed E-state index contributed by atoms with van der Waals surface area (Å²) in [6, 6.07) is 10.9. The molecule has 2 atom stereocenters. The molecule has 0 amide bonds. The molecule has 8 heteroatoms. The van der Waals surface area contributed by atoms with Gasteiger partial charge in [0, 0.05) is 29.5 Å². The number of alkyl halides is 4. The fourth-order valence-electron chi connectivity index (χ4n) is 3.42. The monoisotopic (exact) mass is 426 g/mol. The largest absolute Gasteiger partial charge is 0.435 e. The Hall–Kier alpha value is -2.18. The molecular formula is C20H15Cl2F3N2O. The highest BCUT2D eigenvalue weighted by molar-refractivity contribution is 6.32. The maximum Gasteiger partial charge on any atom is 0.435 e. The van der Waals surface area contributed by atoms with Gasteiger partial charge in [-0.3, -0.25) is 0 Å². The first-order chi connectivity index (χ1) is 13.3. The Morgan fingerprint density at radius 1 is 1.14 bits per heavy atom. The minimum absolute atomic E-state index is 0.00729. The van der Waals surface area contributed by atoms with Crippen molar-refractivity contribution in [3.63, 3.8) is 0 Å². The number of hydrogen-bond donors (Lipinski definition) is 0. The minimum Gasteiger partial charge on any atom is -0.374 e. The van der Waals surface area contributed by atoms with Crippen LogP contribution in [-0.4, -0.2) is 27.4 Å². The second kappa shape index (κ2) is 7.01. The van der Waals surface area contributed by atoms with Crippen LogP contribution >= 0.6 is 23.2 Å². The van der Waals surface area contributed by atoms with Gasteiger partial charge in [0.2, 0.25) is 0 Å². The van der Waals surface area contributed by atoms with Crippen molar-refractivity contribution in [2.75, 3.05) is 0 Å². The van der Waals surface area contributed by atoms with Gasteiger partial charge in [-0.1, -0.05) is 28.9 Å². The molecule has 2 unspecified atom stereocenters. The van der Waals surface area contributed by atoms with Gasteiger partial charge < -0.3 is 9.40 Å². The zero-order valence-electron chi connectivity index (χ0n) is 14.5. The van der Waals surface area contributed by atoms with Crippen LogP contribution in [0.5, 0.6) is 0 Å².